The molecule has 5 heteroatoms. The van der Waals surface area contributed by atoms with Crippen molar-refractivity contribution in [2.45, 2.75) is 25.4 Å². The Labute approximate surface area is 112 Å². The summed E-state index contributed by atoms with van der Waals surface area (Å²) < 4.78 is 1.96. The molecule has 1 atom stereocenters. The van der Waals surface area contributed by atoms with Gasteiger partial charge in [-0.25, -0.2) is 4.98 Å². The Balaban J connectivity index is 1.76. The van der Waals surface area contributed by atoms with Gasteiger partial charge in [0.05, 0.1) is 18.2 Å². The van der Waals surface area contributed by atoms with Crippen LogP contribution in [0.4, 0.5) is 5.82 Å². The molecule has 5 nitrogen and oxygen atoms in total. The molecule has 0 N–H and O–H groups in total. The molecule has 0 bridgehead atoms. The second kappa shape index (κ2) is 5.11. The summed E-state index contributed by atoms with van der Waals surface area (Å²) in [5, 5.41) is 13.1. The van der Waals surface area contributed by atoms with Crippen LogP contribution in [0.25, 0.3) is 0 Å². The van der Waals surface area contributed by atoms with Crippen molar-refractivity contribution in [3.63, 3.8) is 0 Å². The highest BCUT2D eigenvalue weighted by atomic mass is 15.3. The molecule has 0 aliphatic carbocycles. The molecule has 1 aliphatic heterocycles. The fourth-order valence-electron chi connectivity index (χ4n) is 2.57. The van der Waals surface area contributed by atoms with E-state index in [0.29, 0.717) is 11.6 Å². The van der Waals surface area contributed by atoms with Crippen molar-refractivity contribution in [2.75, 3.05) is 11.4 Å². The molecule has 1 aliphatic rings. The molecule has 2 aromatic rings. The highest BCUT2D eigenvalue weighted by molar-refractivity contribution is 5.43. The third kappa shape index (κ3) is 2.43. The Kier molecular flexibility index (Phi) is 3.15. The average Bonchev–Trinajstić information content (AvgIpc) is 3.11. The smallest absolute Gasteiger partial charge is 0.128 e. The Hall–Kier alpha value is -2.35. The molecule has 0 unspecified atom stereocenters. The maximum Gasteiger partial charge on any atom is 0.128 e. The van der Waals surface area contributed by atoms with E-state index in [0.717, 1.165) is 25.3 Å². The van der Waals surface area contributed by atoms with Gasteiger partial charge in [-0.15, -0.1) is 0 Å². The van der Waals surface area contributed by atoms with Crippen molar-refractivity contribution in [3.05, 3.63) is 42.4 Å². The second-order valence-corrected chi connectivity index (χ2v) is 4.73. The number of rotatable bonds is 3. The first-order valence-corrected chi connectivity index (χ1v) is 6.47. The topological polar surface area (TPSA) is 57.7 Å². The van der Waals surface area contributed by atoms with E-state index < -0.39 is 0 Å². The summed E-state index contributed by atoms with van der Waals surface area (Å²) in [5.41, 5.74) is 0.603. The molecular formula is C14H15N5. The number of aromatic nitrogens is 3. The lowest BCUT2D eigenvalue weighted by atomic mass is 10.2. The minimum atomic E-state index is 0.431. The molecule has 1 saturated heterocycles. The van der Waals surface area contributed by atoms with Crippen LogP contribution in [0.5, 0.6) is 0 Å². The zero-order valence-corrected chi connectivity index (χ0v) is 10.6. The summed E-state index contributed by atoms with van der Waals surface area (Å²) in [7, 11) is 0. The highest BCUT2D eigenvalue weighted by Gasteiger charge is 2.25. The molecule has 0 spiro atoms. The third-order valence-corrected chi connectivity index (χ3v) is 3.51. The first-order valence-electron chi connectivity index (χ1n) is 6.47. The molecular weight excluding hydrogens is 238 g/mol. The number of anilines is 1. The van der Waals surface area contributed by atoms with Crippen molar-refractivity contribution in [1.82, 2.24) is 14.8 Å². The van der Waals surface area contributed by atoms with Gasteiger partial charge in [0.15, 0.2) is 0 Å². The van der Waals surface area contributed by atoms with Gasteiger partial charge in [0.2, 0.25) is 0 Å². The van der Waals surface area contributed by atoms with E-state index >= 15 is 0 Å². The van der Waals surface area contributed by atoms with Gasteiger partial charge < -0.3 is 4.90 Å². The lowest BCUT2D eigenvalue weighted by Gasteiger charge is -2.25. The zero-order valence-electron chi connectivity index (χ0n) is 10.6. The van der Waals surface area contributed by atoms with Gasteiger partial charge in [-0.1, -0.05) is 0 Å². The molecule has 0 radical (unpaired) electrons. The van der Waals surface area contributed by atoms with E-state index in [1.807, 2.05) is 29.1 Å². The third-order valence-electron chi connectivity index (χ3n) is 3.51. The number of hydrogen-bond acceptors (Lipinski definition) is 4. The first-order chi connectivity index (χ1) is 9.36. The van der Waals surface area contributed by atoms with Gasteiger partial charge in [0, 0.05) is 25.1 Å². The quantitative estimate of drug-likeness (QED) is 0.837. The predicted molar refractivity (Wildman–Crippen MR) is 71.5 cm³/mol. The summed E-state index contributed by atoms with van der Waals surface area (Å²) in [4.78, 5) is 6.69. The number of nitrogens with zero attached hydrogens (tertiary/aromatic N) is 5. The minimum Gasteiger partial charge on any atom is -0.352 e. The predicted octanol–water partition coefficient (Wildman–Crippen LogP) is 1.82. The zero-order chi connectivity index (χ0) is 13.1. The number of pyridine rings is 1. The molecule has 0 aromatic carbocycles. The Morgan fingerprint density at radius 3 is 3.05 bits per heavy atom. The van der Waals surface area contributed by atoms with Gasteiger partial charge in [0.25, 0.3) is 0 Å². The summed E-state index contributed by atoms with van der Waals surface area (Å²) >= 11 is 0. The van der Waals surface area contributed by atoms with Crippen LogP contribution in [0.2, 0.25) is 0 Å². The molecule has 3 heterocycles. The molecule has 96 valence electrons. The summed E-state index contributed by atoms with van der Waals surface area (Å²) in [6.45, 7) is 1.90. The van der Waals surface area contributed by atoms with Gasteiger partial charge in [-0.2, -0.15) is 10.4 Å². The lowest BCUT2D eigenvalue weighted by Crippen LogP contribution is -2.33. The highest BCUT2D eigenvalue weighted by Crippen LogP contribution is 2.24. The monoisotopic (exact) mass is 253 g/mol. The van der Waals surface area contributed by atoms with Crippen LogP contribution >= 0.6 is 0 Å². The van der Waals surface area contributed by atoms with E-state index in [2.05, 4.69) is 21.1 Å². The van der Waals surface area contributed by atoms with Crippen LogP contribution in [0, 0.1) is 11.3 Å². The maximum absolute atomic E-state index is 8.80. The minimum absolute atomic E-state index is 0.431. The SMILES string of the molecule is N#Cc1ccc(N2CCC[C@@H]2Cn2cccn2)nc1. The van der Waals surface area contributed by atoms with Crippen LogP contribution in [-0.4, -0.2) is 27.4 Å². The van der Waals surface area contributed by atoms with Crippen molar-refractivity contribution < 1.29 is 0 Å². The Bertz CT molecular complexity index is 567. The Morgan fingerprint density at radius 2 is 2.37 bits per heavy atom. The molecule has 2 aromatic heterocycles. The van der Waals surface area contributed by atoms with Crippen LogP contribution in [0.3, 0.4) is 0 Å². The standard InChI is InChI=1S/C14H15N5/c15-9-12-4-5-14(16-10-12)19-8-1-3-13(19)11-18-7-2-6-17-18/h2,4-7,10,13H,1,3,8,11H2/t13-/m1/s1. The average molecular weight is 253 g/mol. The first kappa shape index (κ1) is 11.7. The van der Waals surface area contributed by atoms with Gasteiger partial charge in [-0.05, 0) is 31.0 Å². The lowest BCUT2D eigenvalue weighted by molar-refractivity contribution is 0.507. The van der Waals surface area contributed by atoms with E-state index in [1.54, 1.807) is 12.4 Å². The van der Waals surface area contributed by atoms with Gasteiger partial charge in [-0.3, -0.25) is 4.68 Å². The van der Waals surface area contributed by atoms with E-state index in [-0.39, 0.29) is 0 Å². The molecule has 0 amide bonds. The fraction of sp³-hybridized carbons (Fsp3) is 0.357. The molecule has 19 heavy (non-hydrogen) atoms. The van der Waals surface area contributed by atoms with E-state index in [4.69, 9.17) is 5.26 Å². The van der Waals surface area contributed by atoms with Crippen molar-refractivity contribution >= 4 is 5.82 Å². The maximum atomic E-state index is 8.80. The number of nitriles is 1. The molecule has 0 saturated carbocycles. The van der Waals surface area contributed by atoms with Gasteiger partial charge >= 0.3 is 0 Å². The van der Waals surface area contributed by atoms with Crippen LogP contribution in [0.1, 0.15) is 18.4 Å². The molecule has 1 fully saturated rings. The van der Waals surface area contributed by atoms with Crippen molar-refractivity contribution in [2.24, 2.45) is 0 Å². The van der Waals surface area contributed by atoms with Gasteiger partial charge in [0.1, 0.15) is 11.9 Å². The van der Waals surface area contributed by atoms with Crippen LogP contribution in [-0.2, 0) is 6.54 Å². The summed E-state index contributed by atoms with van der Waals surface area (Å²) in [6, 6.07) is 8.23. The summed E-state index contributed by atoms with van der Waals surface area (Å²) in [6.07, 6.45) is 7.76. The second-order valence-electron chi connectivity index (χ2n) is 4.73. The van der Waals surface area contributed by atoms with Crippen molar-refractivity contribution in [3.8, 4) is 6.07 Å². The van der Waals surface area contributed by atoms with Crippen molar-refractivity contribution in [1.29, 1.82) is 5.26 Å². The van der Waals surface area contributed by atoms with E-state index in [9.17, 15) is 0 Å². The van der Waals surface area contributed by atoms with Crippen LogP contribution < -0.4 is 4.90 Å². The van der Waals surface area contributed by atoms with Crippen LogP contribution in [0.15, 0.2) is 36.8 Å². The Morgan fingerprint density at radius 1 is 1.42 bits per heavy atom. The van der Waals surface area contributed by atoms with E-state index in [1.165, 1.54) is 6.42 Å². The number of hydrogen-bond donors (Lipinski definition) is 0. The summed E-state index contributed by atoms with van der Waals surface area (Å²) in [5.74, 6) is 0.952. The largest absolute Gasteiger partial charge is 0.352 e. The molecule has 3 rings (SSSR count). The normalized spacial score (nSPS) is 18.5. The fourth-order valence-corrected chi connectivity index (χ4v) is 2.57.